The second kappa shape index (κ2) is 10.8. The zero-order valence-corrected chi connectivity index (χ0v) is 12.1. The molecule has 0 rings (SSSR count). The second-order valence-corrected chi connectivity index (χ2v) is 5.77. The fraction of sp³-hybridized carbons (Fsp3) is 0.933. The Hall–Kier alpha value is -0.370. The molecule has 0 atom stereocenters. The molecule has 0 amide bonds. The summed E-state index contributed by atoms with van der Waals surface area (Å²) in [4.78, 5) is 11.5. The first-order valence-electron chi connectivity index (χ1n) is 7.11. The summed E-state index contributed by atoms with van der Waals surface area (Å²) in [5, 5.41) is 0. The van der Waals surface area contributed by atoms with Gasteiger partial charge in [-0.15, -0.1) is 0 Å². The first-order valence-corrected chi connectivity index (χ1v) is 7.11. The molecule has 0 spiro atoms. The lowest BCUT2D eigenvalue weighted by molar-refractivity contribution is -0.123. The molecule has 17 heavy (non-hydrogen) atoms. The molecule has 2 nitrogen and oxygen atoms in total. The Balaban J connectivity index is 3.23. The van der Waals surface area contributed by atoms with Gasteiger partial charge in [0, 0.05) is 13.0 Å². The van der Waals surface area contributed by atoms with Gasteiger partial charge in [-0.2, -0.15) is 0 Å². The highest BCUT2D eigenvalue weighted by atomic mass is 16.5. The van der Waals surface area contributed by atoms with Crippen molar-refractivity contribution in [3.05, 3.63) is 0 Å². The van der Waals surface area contributed by atoms with Crippen LogP contribution in [0.15, 0.2) is 0 Å². The Morgan fingerprint density at radius 1 is 0.941 bits per heavy atom. The van der Waals surface area contributed by atoms with Crippen molar-refractivity contribution in [3.63, 3.8) is 0 Å². The summed E-state index contributed by atoms with van der Waals surface area (Å²) in [5.41, 5.74) is 0. The minimum absolute atomic E-state index is 0.262. The largest absolute Gasteiger partial charge is 0.374 e. The van der Waals surface area contributed by atoms with Crippen LogP contribution >= 0.6 is 0 Å². The molecule has 0 aliphatic heterocycles. The molecule has 0 N–H and O–H groups in total. The van der Waals surface area contributed by atoms with Crippen molar-refractivity contribution in [2.75, 3.05) is 13.2 Å². The molecule has 0 aromatic carbocycles. The Kier molecular flexibility index (Phi) is 10.5. The molecule has 0 unspecified atom stereocenters. The van der Waals surface area contributed by atoms with Crippen molar-refractivity contribution in [2.45, 2.75) is 66.2 Å². The monoisotopic (exact) mass is 242 g/mol. The third-order valence-electron chi connectivity index (χ3n) is 2.82. The number of unbranched alkanes of at least 4 members (excludes halogenated alkanes) is 1. The summed E-state index contributed by atoms with van der Waals surface area (Å²) in [6.07, 6.45) is 6.35. The lowest BCUT2D eigenvalue weighted by atomic mass is 10.0. The predicted octanol–water partition coefficient (Wildman–Crippen LogP) is 4.22. The van der Waals surface area contributed by atoms with Crippen LogP contribution in [0.2, 0.25) is 0 Å². The van der Waals surface area contributed by atoms with Crippen LogP contribution < -0.4 is 0 Å². The number of Topliss-reactive ketones (excluding diaryl/α,β-unsaturated/α-hetero) is 1. The van der Waals surface area contributed by atoms with E-state index in [4.69, 9.17) is 4.74 Å². The van der Waals surface area contributed by atoms with E-state index in [-0.39, 0.29) is 5.78 Å². The quantitative estimate of drug-likeness (QED) is 0.507. The molecule has 2 heteroatoms. The van der Waals surface area contributed by atoms with E-state index >= 15 is 0 Å². The number of hydrogen-bond donors (Lipinski definition) is 0. The second-order valence-electron chi connectivity index (χ2n) is 5.77. The molecule has 0 saturated heterocycles. The molecule has 0 aliphatic rings. The SMILES string of the molecule is CC(C)CCCCC(=O)COCCCC(C)C. The van der Waals surface area contributed by atoms with Gasteiger partial charge in [-0.1, -0.05) is 40.5 Å². The Morgan fingerprint density at radius 2 is 1.53 bits per heavy atom. The number of hydrogen-bond acceptors (Lipinski definition) is 2. The van der Waals surface area contributed by atoms with E-state index in [0.717, 1.165) is 37.7 Å². The van der Waals surface area contributed by atoms with Gasteiger partial charge < -0.3 is 4.74 Å². The van der Waals surface area contributed by atoms with Crippen molar-refractivity contribution in [3.8, 4) is 0 Å². The minimum Gasteiger partial charge on any atom is -0.374 e. The van der Waals surface area contributed by atoms with Crippen LogP contribution in [0.3, 0.4) is 0 Å². The van der Waals surface area contributed by atoms with Crippen LogP contribution in [0.25, 0.3) is 0 Å². The van der Waals surface area contributed by atoms with E-state index < -0.39 is 0 Å². The molecule has 0 fully saturated rings. The van der Waals surface area contributed by atoms with Crippen LogP contribution in [0.4, 0.5) is 0 Å². The summed E-state index contributed by atoms with van der Waals surface area (Å²) in [5.74, 6) is 1.74. The predicted molar refractivity (Wildman–Crippen MR) is 73.2 cm³/mol. The third kappa shape index (κ3) is 13.6. The van der Waals surface area contributed by atoms with Gasteiger partial charge in [0.05, 0.1) is 0 Å². The van der Waals surface area contributed by atoms with E-state index in [0.29, 0.717) is 13.0 Å². The van der Waals surface area contributed by atoms with Crippen molar-refractivity contribution >= 4 is 5.78 Å². The van der Waals surface area contributed by atoms with E-state index in [1.165, 1.54) is 12.8 Å². The lowest BCUT2D eigenvalue weighted by Gasteiger charge is -2.06. The van der Waals surface area contributed by atoms with Crippen LogP contribution in [-0.2, 0) is 9.53 Å². The highest BCUT2D eigenvalue weighted by Crippen LogP contribution is 2.08. The van der Waals surface area contributed by atoms with Crippen LogP contribution in [-0.4, -0.2) is 19.0 Å². The van der Waals surface area contributed by atoms with Crippen molar-refractivity contribution in [1.82, 2.24) is 0 Å². The van der Waals surface area contributed by atoms with Gasteiger partial charge in [-0.05, 0) is 31.1 Å². The zero-order valence-electron chi connectivity index (χ0n) is 12.1. The maximum Gasteiger partial charge on any atom is 0.158 e. The molecule has 0 aromatic rings. The Labute approximate surface area is 107 Å². The molecule has 0 heterocycles. The number of rotatable bonds is 11. The van der Waals surface area contributed by atoms with E-state index in [2.05, 4.69) is 27.7 Å². The molecule has 0 saturated carbocycles. The first-order chi connectivity index (χ1) is 8.02. The summed E-state index contributed by atoms with van der Waals surface area (Å²) in [7, 11) is 0. The summed E-state index contributed by atoms with van der Waals surface area (Å²) >= 11 is 0. The molecular weight excluding hydrogens is 212 g/mol. The Bertz CT molecular complexity index is 185. The summed E-state index contributed by atoms with van der Waals surface area (Å²) in [6.45, 7) is 9.91. The normalized spacial score (nSPS) is 11.4. The van der Waals surface area contributed by atoms with E-state index in [9.17, 15) is 4.79 Å². The lowest BCUT2D eigenvalue weighted by Crippen LogP contribution is -2.09. The van der Waals surface area contributed by atoms with Gasteiger partial charge in [0.25, 0.3) is 0 Å². The number of ether oxygens (including phenoxy) is 1. The number of carbonyl (C=O) groups is 1. The average molecular weight is 242 g/mol. The molecule has 0 aliphatic carbocycles. The standard InChI is InChI=1S/C15H30O2/c1-13(2)8-5-6-10-15(16)12-17-11-7-9-14(3)4/h13-14H,5-12H2,1-4H3. The van der Waals surface area contributed by atoms with Crippen molar-refractivity contribution in [2.24, 2.45) is 11.8 Å². The average Bonchev–Trinajstić information content (AvgIpc) is 2.23. The smallest absolute Gasteiger partial charge is 0.158 e. The number of ketones is 1. The van der Waals surface area contributed by atoms with Gasteiger partial charge in [0.2, 0.25) is 0 Å². The van der Waals surface area contributed by atoms with Crippen LogP contribution in [0, 0.1) is 11.8 Å². The van der Waals surface area contributed by atoms with Gasteiger partial charge in [-0.25, -0.2) is 0 Å². The summed E-state index contributed by atoms with van der Waals surface area (Å²) in [6, 6.07) is 0. The molecule has 0 aromatic heterocycles. The fourth-order valence-electron chi connectivity index (χ4n) is 1.73. The third-order valence-corrected chi connectivity index (χ3v) is 2.82. The van der Waals surface area contributed by atoms with Crippen molar-refractivity contribution < 1.29 is 9.53 Å². The Morgan fingerprint density at radius 3 is 2.12 bits per heavy atom. The molecule has 0 radical (unpaired) electrons. The molecule has 0 bridgehead atoms. The van der Waals surface area contributed by atoms with Gasteiger partial charge in [-0.3, -0.25) is 4.79 Å². The number of carbonyl (C=O) groups excluding carboxylic acids is 1. The van der Waals surface area contributed by atoms with Gasteiger partial charge >= 0.3 is 0 Å². The van der Waals surface area contributed by atoms with Crippen LogP contribution in [0.5, 0.6) is 0 Å². The van der Waals surface area contributed by atoms with Gasteiger partial charge in [0.1, 0.15) is 6.61 Å². The van der Waals surface area contributed by atoms with E-state index in [1.807, 2.05) is 0 Å². The molecule has 102 valence electrons. The topological polar surface area (TPSA) is 26.3 Å². The maximum absolute atomic E-state index is 11.5. The maximum atomic E-state index is 11.5. The fourth-order valence-corrected chi connectivity index (χ4v) is 1.73. The highest BCUT2D eigenvalue weighted by Gasteiger charge is 2.03. The summed E-state index contributed by atoms with van der Waals surface area (Å²) < 4.78 is 5.37. The zero-order chi connectivity index (χ0) is 13.1. The first kappa shape index (κ1) is 16.6. The van der Waals surface area contributed by atoms with Crippen LogP contribution in [0.1, 0.15) is 66.2 Å². The van der Waals surface area contributed by atoms with E-state index in [1.54, 1.807) is 0 Å². The molecular formula is C15H30O2. The minimum atomic E-state index is 0.262. The highest BCUT2D eigenvalue weighted by molar-refractivity contribution is 5.79. The van der Waals surface area contributed by atoms with Gasteiger partial charge in [0.15, 0.2) is 5.78 Å². The van der Waals surface area contributed by atoms with Crippen molar-refractivity contribution in [1.29, 1.82) is 0 Å².